The van der Waals surface area contributed by atoms with E-state index in [1.807, 2.05) is 29.7 Å². The van der Waals surface area contributed by atoms with Crippen molar-refractivity contribution in [3.05, 3.63) is 58.7 Å². The molecule has 4 rings (SSSR count). The van der Waals surface area contributed by atoms with E-state index >= 15 is 0 Å². The van der Waals surface area contributed by atoms with Crippen LogP contribution in [0.4, 0.5) is 4.39 Å². The number of ether oxygens (including phenoxy) is 1. The van der Waals surface area contributed by atoms with Gasteiger partial charge in [0.1, 0.15) is 11.9 Å². The largest absolute Gasteiger partial charge is 0.495 e. The number of likely N-dealkylation sites (tertiary alicyclic amines) is 1. The molecule has 0 saturated carbocycles. The number of alkyl halides is 1. The van der Waals surface area contributed by atoms with Crippen molar-refractivity contribution >= 4 is 21.4 Å². The van der Waals surface area contributed by atoms with Crippen LogP contribution in [-0.2, 0) is 6.42 Å². The van der Waals surface area contributed by atoms with E-state index in [1.54, 1.807) is 7.11 Å². The van der Waals surface area contributed by atoms with Crippen molar-refractivity contribution in [1.82, 2.24) is 9.88 Å². The number of fused-ring (bicyclic) bond motifs is 1. The Balaban J connectivity index is 1.69. The molecule has 1 unspecified atom stereocenters. The Bertz CT molecular complexity index is 926. The molecule has 3 heterocycles. The summed E-state index contributed by atoms with van der Waals surface area (Å²) in [5.74, 6) is 0.964. The Morgan fingerprint density at radius 2 is 2.15 bits per heavy atom. The van der Waals surface area contributed by atoms with Gasteiger partial charge in [-0.15, -0.1) is 11.3 Å². The molecule has 0 aliphatic carbocycles. The number of halogens is 1. The predicted molar refractivity (Wildman–Crippen MR) is 110 cm³/mol. The molecule has 1 aliphatic heterocycles. The average molecular weight is 385 g/mol. The van der Waals surface area contributed by atoms with E-state index in [2.05, 4.69) is 41.1 Å². The van der Waals surface area contributed by atoms with Crippen LogP contribution in [0.1, 0.15) is 35.4 Å². The van der Waals surface area contributed by atoms with Crippen molar-refractivity contribution in [3.8, 4) is 5.75 Å². The number of rotatable bonds is 6. The van der Waals surface area contributed by atoms with Gasteiger partial charge in [0.05, 0.1) is 12.8 Å². The summed E-state index contributed by atoms with van der Waals surface area (Å²) in [5, 5.41) is 1.29. The van der Waals surface area contributed by atoms with Gasteiger partial charge in [0.25, 0.3) is 0 Å². The van der Waals surface area contributed by atoms with Crippen LogP contribution in [0.5, 0.6) is 5.75 Å². The first kappa shape index (κ1) is 18.4. The topological polar surface area (TPSA) is 25.4 Å². The number of nitrogens with zero attached hydrogens (tertiary/aromatic N) is 2. The van der Waals surface area contributed by atoms with Gasteiger partial charge in [0.2, 0.25) is 0 Å². The Morgan fingerprint density at radius 1 is 1.30 bits per heavy atom. The number of hydrogen-bond acceptors (Lipinski definition) is 4. The van der Waals surface area contributed by atoms with Gasteiger partial charge in [0.15, 0.2) is 0 Å². The minimum Gasteiger partial charge on any atom is -0.495 e. The maximum absolute atomic E-state index is 13.5. The third-order valence-electron chi connectivity index (χ3n) is 5.44. The molecule has 0 bridgehead atoms. The molecule has 0 amide bonds. The van der Waals surface area contributed by atoms with Gasteiger partial charge in [-0.05, 0) is 42.0 Å². The van der Waals surface area contributed by atoms with Crippen molar-refractivity contribution in [2.45, 2.75) is 31.9 Å². The first-order valence-electron chi connectivity index (χ1n) is 9.53. The van der Waals surface area contributed by atoms with Crippen LogP contribution in [0, 0.1) is 0 Å². The first-order chi connectivity index (χ1) is 13.2. The van der Waals surface area contributed by atoms with Crippen LogP contribution >= 0.6 is 11.3 Å². The molecule has 0 spiro atoms. The van der Waals surface area contributed by atoms with E-state index in [-0.39, 0.29) is 5.92 Å². The summed E-state index contributed by atoms with van der Waals surface area (Å²) in [6.07, 6.45) is 2.78. The molecular formula is C22H25FN2OS. The van der Waals surface area contributed by atoms with Crippen molar-refractivity contribution in [2.75, 3.05) is 26.7 Å². The number of hydrogen-bond donors (Lipinski definition) is 0. The lowest BCUT2D eigenvalue weighted by molar-refractivity contribution is 0.290. The lowest BCUT2D eigenvalue weighted by Gasteiger charge is -2.18. The fraction of sp³-hybridized carbons (Fsp3) is 0.409. The molecule has 2 aromatic heterocycles. The van der Waals surface area contributed by atoms with Crippen LogP contribution in [0.15, 0.2) is 42.6 Å². The van der Waals surface area contributed by atoms with E-state index in [0.717, 1.165) is 31.0 Å². The Labute approximate surface area is 163 Å². The third kappa shape index (κ3) is 3.71. The predicted octanol–water partition coefficient (Wildman–Crippen LogP) is 5.04. The van der Waals surface area contributed by atoms with Crippen molar-refractivity contribution in [2.24, 2.45) is 0 Å². The zero-order chi connectivity index (χ0) is 18.8. The van der Waals surface area contributed by atoms with E-state index in [0.29, 0.717) is 13.0 Å². The fourth-order valence-electron chi connectivity index (χ4n) is 4.06. The smallest absolute Gasteiger partial charge is 0.140 e. The molecule has 0 N–H and O–H groups in total. The van der Waals surface area contributed by atoms with E-state index in [9.17, 15) is 4.39 Å². The van der Waals surface area contributed by atoms with Crippen LogP contribution in [-0.4, -0.2) is 42.8 Å². The molecule has 2 atom stereocenters. The molecule has 1 saturated heterocycles. The lowest BCUT2D eigenvalue weighted by atomic mass is 9.93. The van der Waals surface area contributed by atoms with Gasteiger partial charge >= 0.3 is 0 Å². The van der Waals surface area contributed by atoms with E-state index in [4.69, 9.17) is 4.74 Å². The summed E-state index contributed by atoms with van der Waals surface area (Å²) in [7, 11) is 1.70. The summed E-state index contributed by atoms with van der Waals surface area (Å²) in [4.78, 5) is 8.24. The summed E-state index contributed by atoms with van der Waals surface area (Å²) in [5.41, 5.74) is 2.30. The maximum atomic E-state index is 13.5. The normalized spacial score (nSPS) is 18.9. The minimum absolute atomic E-state index is 0.139. The van der Waals surface area contributed by atoms with Gasteiger partial charge in [-0.25, -0.2) is 4.39 Å². The number of benzene rings is 1. The van der Waals surface area contributed by atoms with Crippen LogP contribution < -0.4 is 4.74 Å². The van der Waals surface area contributed by atoms with E-state index < -0.39 is 6.17 Å². The number of pyridine rings is 1. The van der Waals surface area contributed by atoms with Crippen molar-refractivity contribution in [3.63, 3.8) is 0 Å². The lowest BCUT2D eigenvalue weighted by Crippen LogP contribution is -2.23. The van der Waals surface area contributed by atoms with Crippen LogP contribution in [0.3, 0.4) is 0 Å². The van der Waals surface area contributed by atoms with Gasteiger partial charge in [-0.3, -0.25) is 9.88 Å². The first-order valence-corrected chi connectivity index (χ1v) is 10.3. The zero-order valence-corrected chi connectivity index (χ0v) is 16.6. The molecule has 3 nitrogen and oxygen atoms in total. The highest BCUT2D eigenvalue weighted by molar-refractivity contribution is 7.19. The molecule has 27 heavy (non-hydrogen) atoms. The van der Waals surface area contributed by atoms with Gasteiger partial charge in [0, 0.05) is 41.3 Å². The van der Waals surface area contributed by atoms with Gasteiger partial charge < -0.3 is 4.74 Å². The monoisotopic (exact) mass is 384 g/mol. The maximum Gasteiger partial charge on any atom is 0.140 e. The fourth-order valence-corrected chi connectivity index (χ4v) is 5.35. The standard InChI is InChI=1S/C22H25FN2OS/c1-15(22-18(26-2)7-5-11-24-22)21-17-6-3-4-8-19(17)27-20(21)10-13-25-12-9-16(23)14-25/h3-8,11,15-16H,9-10,12-14H2,1-2H3/t15-,16?/m1/s1. The SMILES string of the molecule is COc1cccnc1[C@H](C)c1c(CCN2CCC(F)C2)sc2ccccc12. The minimum atomic E-state index is -0.663. The molecule has 1 fully saturated rings. The van der Waals surface area contributed by atoms with Gasteiger partial charge in [-0.2, -0.15) is 0 Å². The summed E-state index contributed by atoms with van der Waals surface area (Å²) in [6.45, 7) is 4.55. The quantitative estimate of drug-likeness (QED) is 0.595. The highest BCUT2D eigenvalue weighted by Crippen LogP contribution is 2.40. The van der Waals surface area contributed by atoms with E-state index in [1.165, 1.54) is 20.5 Å². The summed E-state index contributed by atoms with van der Waals surface area (Å²) >= 11 is 1.86. The number of methoxy groups -OCH3 is 1. The second-order valence-corrected chi connectivity index (χ2v) is 8.32. The van der Waals surface area contributed by atoms with Crippen molar-refractivity contribution in [1.29, 1.82) is 0 Å². The highest BCUT2D eigenvalue weighted by atomic mass is 32.1. The second-order valence-electron chi connectivity index (χ2n) is 7.18. The molecule has 3 aromatic rings. The average Bonchev–Trinajstić information content (AvgIpc) is 3.28. The molecule has 1 aromatic carbocycles. The third-order valence-corrected chi connectivity index (χ3v) is 6.69. The highest BCUT2D eigenvalue weighted by Gasteiger charge is 2.25. The Kier molecular flexibility index (Phi) is 5.41. The molecule has 5 heteroatoms. The van der Waals surface area contributed by atoms with Crippen molar-refractivity contribution < 1.29 is 9.13 Å². The van der Waals surface area contributed by atoms with Gasteiger partial charge in [-0.1, -0.05) is 25.1 Å². The molecule has 142 valence electrons. The summed E-state index contributed by atoms with van der Waals surface area (Å²) in [6, 6.07) is 12.4. The Hall–Kier alpha value is -1.98. The number of aromatic nitrogens is 1. The van der Waals surface area contributed by atoms with Crippen LogP contribution in [0.2, 0.25) is 0 Å². The number of thiophene rings is 1. The molecule has 0 radical (unpaired) electrons. The molecule has 1 aliphatic rings. The Morgan fingerprint density at radius 3 is 2.93 bits per heavy atom. The second kappa shape index (κ2) is 7.95. The zero-order valence-electron chi connectivity index (χ0n) is 15.8. The van der Waals surface area contributed by atoms with Crippen LogP contribution in [0.25, 0.3) is 10.1 Å². The summed E-state index contributed by atoms with van der Waals surface area (Å²) < 4.78 is 20.4. The molecular weight excluding hydrogens is 359 g/mol.